The van der Waals surface area contributed by atoms with Crippen molar-refractivity contribution in [1.29, 1.82) is 0 Å². The predicted molar refractivity (Wildman–Crippen MR) is 116 cm³/mol. The number of esters is 1. The zero-order chi connectivity index (χ0) is 24.0. The lowest BCUT2D eigenvalue weighted by Gasteiger charge is -2.32. The number of ether oxygens (including phenoxy) is 2. The van der Waals surface area contributed by atoms with E-state index in [9.17, 15) is 29.4 Å². The molecule has 2 aliphatic carbocycles. The Balaban J connectivity index is 1.80. The average molecular weight is 452 g/mol. The van der Waals surface area contributed by atoms with Crippen molar-refractivity contribution in [3.05, 3.63) is 51.6 Å². The number of hydrogen-bond donors (Lipinski definition) is 2. The van der Waals surface area contributed by atoms with E-state index in [1.165, 1.54) is 13.2 Å². The molecule has 172 valence electrons. The summed E-state index contributed by atoms with van der Waals surface area (Å²) in [5.41, 5.74) is 0.209. The van der Waals surface area contributed by atoms with Crippen LogP contribution in [0, 0.1) is 5.92 Å². The molecule has 0 amide bonds. The third kappa shape index (κ3) is 3.46. The first kappa shape index (κ1) is 22.5. The summed E-state index contributed by atoms with van der Waals surface area (Å²) in [6.07, 6.45) is 0.547. The molecule has 33 heavy (non-hydrogen) atoms. The SMILES string of the molecule is CCC(=O)OCC(=O)C1Cc2c(O)c3c(c(O)c2[C@@H](C)C1)C(=O)c1c(OC)cccc1C3=O. The van der Waals surface area contributed by atoms with Crippen LogP contribution in [-0.4, -0.2) is 47.2 Å². The number of benzene rings is 2. The molecular formula is C25H24O8. The van der Waals surface area contributed by atoms with Gasteiger partial charge in [-0.1, -0.05) is 26.0 Å². The van der Waals surface area contributed by atoms with Crippen molar-refractivity contribution in [3.8, 4) is 17.2 Å². The number of hydrogen-bond acceptors (Lipinski definition) is 8. The first-order valence-corrected chi connectivity index (χ1v) is 10.8. The summed E-state index contributed by atoms with van der Waals surface area (Å²) in [6.45, 7) is 3.02. The number of rotatable bonds is 5. The number of fused-ring (bicyclic) bond motifs is 3. The Morgan fingerprint density at radius 2 is 1.76 bits per heavy atom. The highest BCUT2D eigenvalue weighted by Gasteiger charge is 2.42. The van der Waals surface area contributed by atoms with E-state index >= 15 is 0 Å². The fourth-order valence-electron chi connectivity index (χ4n) is 4.85. The van der Waals surface area contributed by atoms with Gasteiger partial charge in [0, 0.05) is 29.0 Å². The van der Waals surface area contributed by atoms with E-state index in [1.807, 2.05) is 0 Å². The first-order chi connectivity index (χ1) is 15.7. The summed E-state index contributed by atoms with van der Waals surface area (Å²) < 4.78 is 10.2. The van der Waals surface area contributed by atoms with Crippen LogP contribution < -0.4 is 4.74 Å². The largest absolute Gasteiger partial charge is 0.507 e. The molecule has 2 N–H and O–H groups in total. The molecule has 2 aromatic carbocycles. The minimum Gasteiger partial charge on any atom is -0.507 e. The van der Waals surface area contributed by atoms with Crippen LogP contribution >= 0.6 is 0 Å². The maximum atomic E-state index is 13.3. The standard InChI is InChI=1S/C25H24O8/c1-4-17(27)33-10-15(26)12-8-11(2)18-14(9-12)23(29)20-21(24(18)30)25(31)19-13(22(20)28)6-5-7-16(19)32-3/h5-7,11-12,29-30H,4,8-10H2,1-3H3/t11-,12?/m0/s1. The van der Waals surface area contributed by atoms with E-state index in [0.717, 1.165) is 0 Å². The van der Waals surface area contributed by atoms with Crippen LogP contribution in [0.15, 0.2) is 18.2 Å². The van der Waals surface area contributed by atoms with Crippen LogP contribution in [0.4, 0.5) is 0 Å². The maximum Gasteiger partial charge on any atom is 0.305 e. The van der Waals surface area contributed by atoms with E-state index in [0.29, 0.717) is 12.0 Å². The number of ketones is 3. The molecule has 0 radical (unpaired) electrons. The Morgan fingerprint density at radius 3 is 2.42 bits per heavy atom. The Morgan fingerprint density at radius 1 is 1.06 bits per heavy atom. The van der Waals surface area contributed by atoms with E-state index in [2.05, 4.69) is 0 Å². The maximum absolute atomic E-state index is 13.3. The zero-order valence-corrected chi connectivity index (χ0v) is 18.6. The van der Waals surface area contributed by atoms with Gasteiger partial charge in [-0.25, -0.2) is 0 Å². The molecule has 0 spiro atoms. The third-order valence-electron chi connectivity index (χ3n) is 6.46. The van der Waals surface area contributed by atoms with E-state index in [1.54, 1.807) is 26.0 Å². The Labute approximate surface area is 190 Å². The molecule has 8 nitrogen and oxygen atoms in total. The summed E-state index contributed by atoms with van der Waals surface area (Å²) in [4.78, 5) is 50.7. The summed E-state index contributed by atoms with van der Waals surface area (Å²) in [7, 11) is 1.38. The van der Waals surface area contributed by atoms with Gasteiger partial charge >= 0.3 is 5.97 Å². The van der Waals surface area contributed by atoms with Gasteiger partial charge in [0.25, 0.3) is 0 Å². The number of aromatic hydroxyl groups is 2. The monoisotopic (exact) mass is 452 g/mol. The van der Waals surface area contributed by atoms with Gasteiger partial charge in [0.2, 0.25) is 5.78 Å². The summed E-state index contributed by atoms with van der Waals surface area (Å²) >= 11 is 0. The highest BCUT2D eigenvalue weighted by Crippen LogP contribution is 2.50. The summed E-state index contributed by atoms with van der Waals surface area (Å²) in [5, 5.41) is 22.2. The Bertz CT molecular complexity index is 1210. The predicted octanol–water partition coefficient (Wildman–Crippen LogP) is 3.07. The molecule has 2 aliphatic rings. The van der Waals surface area contributed by atoms with Gasteiger partial charge in [-0.2, -0.15) is 0 Å². The summed E-state index contributed by atoms with van der Waals surface area (Å²) in [5.74, 6) is -3.51. The molecule has 2 atom stereocenters. The van der Waals surface area contributed by atoms with Crippen molar-refractivity contribution in [2.24, 2.45) is 5.92 Å². The van der Waals surface area contributed by atoms with Gasteiger partial charge < -0.3 is 19.7 Å². The molecule has 0 heterocycles. The molecule has 0 aromatic heterocycles. The second-order valence-corrected chi connectivity index (χ2v) is 8.40. The van der Waals surface area contributed by atoms with Crippen LogP contribution in [0.25, 0.3) is 0 Å². The molecule has 0 fully saturated rings. The number of phenols is 2. The fourth-order valence-corrected chi connectivity index (χ4v) is 4.85. The number of carbonyl (C=O) groups excluding carboxylic acids is 4. The zero-order valence-electron chi connectivity index (χ0n) is 18.6. The molecule has 2 aromatic rings. The minimum absolute atomic E-state index is 0.0430. The van der Waals surface area contributed by atoms with Gasteiger partial charge in [0.15, 0.2) is 11.6 Å². The molecule has 0 saturated carbocycles. The quantitative estimate of drug-likeness (QED) is 0.447. The van der Waals surface area contributed by atoms with E-state index in [4.69, 9.17) is 9.47 Å². The number of methoxy groups -OCH3 is 1. The molecular weight excluding hydrogens is 428 g/mol. The molecule has 4 rings (SSSR count). The van der Waals surface area contributed by atoms with Crippen molar-refractivity contribution in [2.75, 3.05) is 13.7 Å². The lowest BCUT2D eigenvalue weighted by molar-refractivity contribution is -0.148. The number of carbonyl (C=O) groups is 4. The van der Waals surface area contributed by atoms with Crippen molar-refractivity contribution >= 4 is 23.3 Å². The van der Waals surface area contributed by atoms with Crippen LogP contribution in [0.3, 0.4) is 0 Å². The Hall–Kier alpha value is -3.68. The molecule has 8 heteroatoms. The first-order valence-electron chi connectivity index (χ1n) is 10.8. The molecule has 0 bridgehead atoms. The second kappa shape index (κ2) is 8.35. The van der Waals surface area contributed by atoms with Gasteiger partial charge in [-0.3, -0.25) is 19.2 Å². The molecule has 0 aliphatic heterocycles. The van der Waals surface area contributed by atoms with Gasteiger partial charge in [0.1, 0.15) is 23.9 Å². The lowest BCUT2D eigenvalue weighted by atomic mass is 9.71. The Kier molecular flexibility index (Phi) is 5.69. The van der Waals surface area contributed by atoms with Crippen molar-refractivity contribution in [3.63, 3.8) is 0 Å². The van der Waals surface area contributed by atoms with Gasteiger partial charge in [-0.05, 0) is 24.8 Å². The van der Waals surface area contributed by atoms with Gasteiger partial charge in [-0.15, -0.1) is 0 Å². The van der Waals surface area contributed by atoms with E-state index < -0.39 is 29.2 Å². The smallest absolute Gasteiger partial charge is 0.305 e. The highest BCUT2D eigenvalue weighted by atomic mass is 16.5. The average Bonchev–Trinajstić information content (AvgIpc) is 2.81. The second-order valence-electron chi connectivity index (χ2n) is 8.40. The van der Waals surface area contributed by atoms with Crippen molar-refractivity contribution < 1.29 is 38.9 Å². The minimum atomic E-state index is -0.607. The third-order valence-corrected chi connectivity index (χ3v) is 6.46. The topological polar surface area (TPSA) is 127 Å². The molecule has 0 saturated heterocycles. The van der Waals surface area contributed by atoms with Crippen LogP contribution in [0.1, 0.15) is 75.6 Å². The van der Waals surface area contributed by atoms with Crippen molar-refractivity contribution in [1.82, 2.24) is 0 Å². The van der Waals surface area contributed by atoms with Crippen LogP contribution in [0.5, 0.6) is 17.2 Å². The lowest BCUT2D eigenvalue weighted by Crippen LogP contribution is -2.30. The van der Waals surface area contributed by atoms with Crippen LogP contribution in [-0.2, 0) is 20.7 Å². The normalized spacial score (nSPS) is 18.8. The van der Waals surface area contributed by atoms with Gasteiger partial charge in [0.05, 0.1) is 23.8 Å². The van der Waals surface area contributed by atoms with E-state index in [-0.39, 0.29) is 70.5 Å². The number of Topliss-reactive ketones (excluding diaryl/α,β-unsaturated/α-hetero) is 1. The van der Waals surface area contributed by atoms with Crippen molar-refractivity contribution in [2.45, 2.75) is 39.0 Å². The van der Waals surface area contributed by atoms with Crippen LogP contribution in [0.2, 0.25) is 0 Å². The molecule has 1 unspecified atom stereocenters. The highest BCUT2D eigenvalue weighted by molar-refractivity contribution is 6.31. The fraction of sp³-hybridized carbons (Fsp3) is 0.360. The number of phenolic OH excluding ortho intramolecular Hbond substituents is 2. The summed E-state index contributed by atoms with van der Waals surface area (Å²) in [6, 6.07) is 4.58.